The highest BCUT2D eigenvalue weighted by molar-refractivity contribution is 6.33. The van der Waals surface area contributed by atoms with Gasteiger partial charge in [-0.15, -0.1) is 0 Å². The van der Waals surface area contributed by atoms with Gasteiger partial charge in [-0.25, -0.2) is 10.4 Å². The molecular weight excluding hydrogens is 423 g/mol. The lowest BCUT2D eigenvalue weighted by Crippen LogP contribution is -2.19. The largest absolute Gasteiger partial charge is 0.378 e. The molecule has 0 aliphatic heterocycles. The summed E-state index contributed by atoms with van der Waals surface area (Å²) in [6.45, 7) is 0. The fraction of sp³-hybridized carbons (Fsp3) is 0.190. The minimum absolute atomic E-state index is 0.0791. The Morgan fingerprint density at radius 3 is 2.20 bits per heavy atom. The van der Waals surface area contributed by atoms with Crippen molar-refractivity contribution in [2.75, 3.05) is 38.0 Å². The van der Waals surface area contributed by atoms with Gasteiger partial charge in [-0.3, -0.25) is 9.36 Å². The number of amides is 1. The highest BCUT2D eigenvalue weighted by Crippen LogP contribution is 2.28. The maximum Gasteiger partial charge on any atom is 0.293 e. The Bertz CT molecular complexity index is 1060. The molecule has 0 unspecified atom stereocenters. The molecular formula is C21H22Cl2N6O. The summed E-state index contributed by atoms with van der Waals surface area (Å²) >= 11 is 12.5. The Morgan fingerprint density at radius 2 is 1.63 bits per heavy atom. The van der Waals surface area contributed by atoms with Gasteiger partial charge < -0.3 is 9.80 Å². The molecule has 2 aromatic carbocycles. The van der Waals surface area contributed by atoms with Gasteiger partial charge in [0.05, 0.1) is 11.9 Å². The fourth-order valence-electron chi connectivity index (χ4n) is 2.73. The number of carbonyl (C=O) groups excluding carboxylic acids is 1. The molecule has 0 radical (unpaired) electrons. The molecule has 0 saturated heterocycles. The average Bonchev–Trinajstić information content (AvgIpc) is 3.06. The molecule has 7 nitrogen and oxygen atoms in total. The molecule has 30 heavy (non-hydrogen) atoms. The monoisotopic (exact) mass is 444 g/mol. The normalized spacial score (nSPS) is 11.0. The van der Waals surface area contributed by atoms with Crippen molar-refractivity contribution in [1.29, 1.82) is 0 Å². The van der Waals surface area contributed by atoms with E-state index in [2.05, 4.69) is 15.5 Å². The van der Waals surface area contributed by atoms with Gasteiger partial charge in [-0.1, -0.05) is 35.3 Å². The smallest absolute Gasteiger partial charge is 0.293 e. The Kier molecular flexibility index (Phi) is 6.64. The zero-order chi connectivity index (χ0) is 21.8. The van der Waals surface area contributed by atoms with Gasteiger partial charge in [0.15, 0.2) is 5.69 Å². The van der Waals surface area contributed by atoms with E-state index >= 15 is 0 Å². The van der Waals surface area contributed by atoms with Crippen molar-refractivity contribution >= 4 is 47.0 Å². The number of anilines is 2. The van der Waals surface area contributed by atoms with Crippen molar-refractivity contribution in [1.82, 2.24) is 15.0 Å². The zero-order valence-corrected chi connectivity index (χ0v) is 18.6. The first-order valence-corrected chi connectivity index (χ1v) is 9.86. The zero-order valence-electron chi connectivity index (χ0n) is 17.1. The standard InChI is InChI=1S/C21H22Cl2N6O/c1-27(2)16-9-5-14(6-10-16)13-24-26-20(30)18-19(23)29(21(25-18)28(3)4)17-11-7-15(22)8-12-17/h5-13H,1-4H3,(H,26,30)/b24-13+. The number of hydrogen-bond donors (Lipinski definition) is 1. The summed E-state index contributed by atoms with van der Waals surface area (Å²) < 4.78 is 1.68. The average molecular weight is 445 g/mol. The van der Waals surface area contributed by atoms with Crippen LogP contribution in [0.4, 0.5) is 11.6 Å². The maximum absolute atomic E-state index is 12.6. The number of rotatable bonds is 6. The summed E-state index contributed by atoms with van der Waals surface area (Å²) in [6, 6.07) is 14.9. The molecule has 3 rings (SSSR count). The molecule has 0 fully saturated rings. The summed E-state index contributed by atoms with van der Waals surface area (Å²) in [5.41, 5.74) is 5.24. The second kappa shape index (κ2) is 9.19. The molecule has 0 saturated carbocycles. The maximum atomic E-state index is 12.6. The topological polar surface area (TPSA) is 65.8 Å². The Balaban J connectivity index is 1.82. The molecule has 1 aromatic heterocycles. The Hall–Kier alpha value is -3.03. The third-order valence-corrected chi connectivity index (χ3v) is 4.89. The third kappa shape index (κ3) is 4.75. The molecule has 0 aliphatic carbocycles. The van der Waals surface area contributed by atoms with Crippen molar-refractivity contribution in [3.05, 3.63) is 70.0 Å². The van der Waals surface area contributed by atoms with Gasteiger partial charge in [0, 0.05) is 38.9 Å². The number of nitrogens with zero attached hydrogens (tertiary/aromatic N) is 5. The molecule has 1 heterocycles. The number of benzene rings is 2. The summed E-state index contributed by atoms with van der Waals surface area (Å²) in [6.07, 6.45) is 1.56. The lowest BCUT2D eigenvalue weighted by molar-refractivity contribution is 0.0951. The summed E-state index contributed by atoms with van der Waals surface area (Å²) in [4.78, 5) is 20.8. The SMILES string of the molecule is CN(C)c1ccc(/C=N/NC(=O)c2nc(N(C)C)n(-c3ccc(Cl)cc3)c2Cl)cc1. The van der Waals surface area contributed by atoms with E-state index in [0.717, 1.165) is 16.9 Å². The number of halogens is 2. The fourth-order valence-corrected chi connectivity index (χ4v) is 3.16. The van der Waals surface area contributed by atoms with Gasteiger partial charge in [0.25, 0.3) is 5.91 Å². The first-order chi connectivity index (χ1) is 14.3. The Labute approximate surface area is 185 Å². The van der Waals surface area contributed by atoms with E-state index in [1.165, 1.54) is 0 Å². The van der Waals surface area contributed by atoms with Gasteiger partial charge in [-0.05, 0) is 42.0 Å². The number of nitrogens with one attached hydrogen (secondary N) is 1. The first-order valence-electron chi connectivity index (χ1n) is 9.10. The minimum atomic E-state index is -0.503. The summed E-state index contributed by atoms with van der Waals surface area (Å²) in [5.74, 6) is 0.00713. The lowest BCUT2D eigenvalue weighted by atomic mass is 10.2. The van der Waals surface area contributed by atoms with Crippen molar-refractivity contribution in [2.45, 2.75) is 0 Å². The van der Waals surface area contributed by atoms with E-state index in [1.807, 2.05) is 57.4 Å². The van der Waals surface area contributed by atoms with Crippen LogP contribution >= 0.6 is 23.2 Å². The van der Waals surface area contributed by atoms with Gasteiger partial charge >= 0.3 is 0 Å². The second-order valence-electron chi connectivity index (χ2n) is 6.94. The van der Waals surface area contributed by atoms with Crippen molar-refractivity contribution in [3.63, 3.8) is 0 Å². The van der Waals surface area contributed by atoms with E-state index in [1.54, 1.807) is 39.9 Å². The molecule has 0 spiro atoms. The van der Waals surface area contributed by atoms with E-state index in [0.29, 0.717) is 11.0 Å². The number of hydrogen-bond acceptors (Lipinski definition) is 5. The number of aromatic nitrogens is 2. The van der Waals surface area contributed by atoms with Crippen molar-refractivity contribution in [2.24, 2.45) is 5.10 Å². The van der Waals surface area contributed by atoms with Crippen LogP contribution in [0.15, 0.2) is 53.6 Å². The number of imidazole rings is 1. The molecule has 1 amide bonds. The molecule has 9 heteroatoms. The van der Waals surface area contributed by atoms with Crippen LogP contribution in [-0.2, 0) is 0 Å². The van der Waals surface area contributed by atoms with Crippen LogP contribution in [-0.4, -0.2) is 49.9 Å². The van der Waals surface area contributed by atoms with Crippen LogP contribution in [0.1, 0.15) is 16.1 Å². The number of hydrazone groups is 1. The van der Waals surface area contributed by atoms with Crippen LogP contribution in [0.3, 0.4) is 0 Å². The summed E-state index contributed by atoms with van der Waals surface area (Å²) in [7, 11) is 7.58. The van der Waals surface area contributed by atoms with Crippen LogP contribution < -0.4 is 15.2 Å². The second-order valence-corrected chi connectivity index (χ2v) is 7.74. The lowest BCUT2D eigenvalue weighted by Gasteiger charge is -2.14. The summed E-state index contributed by atoms with van der Waals surface area (Å²) in [5, 5.41) is 4.81. The predicted molar refractivity (Wildman–Crippen MR) is 124 cm³/mol. The van der Waals surface area contributed by atoms with Crippen LogP contribution in [0.2, 0.25) is 10.2 Å². The molecule has 0 bridgehead atoms. The van der Waals surface area contributed by atoms with Crippen LogP contribution in [0.5, 0.6) is 0 Å². The third-order valence-electron chi connectivity index (χ3n) is 4.29. The predicted octanol–water partition coefficient (Wildman–Crippen LogP) is 4.08. The molecule has 156 valence electrons. The van der Waals surface area contributed by atoms with Gasteiger partial charge in [-0.2, -0.15) is 5.10 Å². The molecule has 1 N–H and O–H groups in total. The van der Waals surface area contributed by atoms with Crippen molar-refractivity contribution in [3.8, 4) is 5.69 Å². The molecule has 0 atom stereocenters. The Morgan fingerprint density at radius 1 is 1.00 bits per heavy atom. The van der Waals surface area contributed by atoms with E-state index < -0.39 is 5.91 Å². The quantitative estimate of drug-likeness (QED) is 0.459. The van der Waals surface area contributed by atoms with Crippen LogP contribution in [0, 0.1) is 0 Å². The minimum Gasteiger partial charge on any atom is -0.378 e. The highest BCUT2D eigenvalue weighted by atomic mass is 35.5. The molecule has 0 aliphatic rings. The highest BCUT2D eigenvalue weighted by Gasteiger charge is 2.23. The van der Waals surface area contributed by atoms with Gasteiger partial charge in [0.2, 0.25) is 5.95 Å². The van der Waals surface area contributed by atoms with E-state index in [9.17, 15) is 4.79 Å². The number of carbonyl (C=O) groups is 1. The molecule has 3 aromatic rings. The van der Waals surface area contributed by atoms with Gasteiger partial charge in [0.1, 0.15) is 5.15 Å². The van der Waals surface area contributed by atoms with Crippen molar-refractivity contribution < 1.29 is 4.79 Å². The van der Waals surface area contributed by atoms with Crippen LogP contribution in [0.25, 0.3) is 5.69 Å². The van der Waals surface area contributed by atoms with E-state index in [4.69, 9.17) is 23.2 Å². The van der Waals surface area contributed by atoms with E-state index in [-0.39, 0.29) is 10.8 Å². The first kappa shape index (κ1) is 21.7.